The first-order valence-corrected chi connectivity index (χ1v) is 6.33. The Hall–Kier alpha value is -0.570. The molecule has 3 heteroatoms. The van der Waals surface area contributed by atoms with Crippen molar-refractivity contribution < 1.29 is 0 Å². The molecule has 0 amide bonds. The Morgan fingerprint density at radius 1 is 1.44 bits per heavy atom. The lowest BCUT2D eigenvalue weighted by Gasteiger charge is -2.20. The molecule has 2 rings (SSSR count). The Morgan fingerprint density at radius 2 is 2.19 bits per heavy atom. The van der Waals surface area contributed by atoms with Crippen LogP contribution in [-0.4, -0.2) is 19.6 Å². The van der Waals surface area contributed by atoms with Crippen LogP contribution in [0.4, 0.5) is 0 Å². The number of benzene rings is 1. The minimum absolute atomic E-state index is 0.424. The fraction of sp³-hybridized carbons (Fsp3) is 0.538. The summed E-state index contributed by atoms with van der Waals surface area (Å²) >= 11 is 5.90. The first-order valence-electron chi connectivity index (χ1n) is 5.95. The van der Waals surface area contributed by atoms with Crippen molar-refractivity contribution in [1.29, 1.82) is 0 Å². The quantitative estimate of drug-likeness (QED) is 0.843. The Bertz CT molecular complexity index is 317. The van der Waals surface area contributed by atoms with Crippen molar-refractivity contribution in [3.05, 3.63) is 34.9 Å². The molecule has 1 aliphatic rings. The highest BCUT2D eigenvalue weighted by atomic mass is 35.5. The molecule has 0 saturated carbocycles. The summed E-state index contributed by atoms with van der Waals surface area (Å²) in [6, 6.07) is 9.23. The van der Waals surface area contributed by atoms with Crippen LogP contribution in [0.3, 0.4) is 0 Å². The number of rotatable bonds is 4. The molecule has 1 aromatic carbocycles. The molecule has 2 atom stereocenters. The van der Waals surface area contributed by atoms with Crippen molar-refractivity contribution in [2.24, 2.45) is 0 Å². The Morgan fingerprint density at radius 3 is 2.75 bits per heavy atom. The Balaban J connectivity index is 2.00. The maximum Gasteiger partial charge on any atom is 0.0406 e. The molecule has 88 valence electrons. The molecule has 1 fully saturated rings. The molecular weight excluding hydrogens is 220 g/mol. The van der Waals surface area contributed by atoms with E-state index in [0.29, 0.717) is 12.1 Å². The second-order valence-corrected chi connectivity index (χ2v) is 4.86. The van der Waals surface area contributed by atoms with Crippen molar-refractivity contribution in [1.82, 2.24) is 10.6 Å². The van der Waals surface area contributed by atoms with Gasteiger partial charge in [0.05, 0.1) is 0 Å². The third-order valence-electron chi connectivity index (χ3n) is 3.30. The molecule has 0 bridgehead atoms. The monoisotopic (exact) mass is 238 g/mol. The summed E-state index contributed by atoms with van der Waals surface area (Å²) in [6.45, 7) is 1.17. The average molecular weight is 239 g/mol. The van der Waals surface area contributed by atoms with Crippen LogP contribution in [-0.2, 0) is 0 Å². The Labute approximate surface area is 102 Å². The first kappa shape index (κ1) is 11.9. The highest BCUT2D eigenvalue weighted by molar-refractivity contribution is 6.30. The summed E-state index contributed by atoms with van der Waals surface area (Å²) in [5.74, 6) is 0. The standard InChI is InChI=1S/C13H19ClN2/c1-15-13(9-12-3-2-8-16-12)10-4-6-11(14)7-5-10/h4-7,12-13,15-16H,2-3,8-9H2,1H3. The highest BCUT2D eigenvalue weighted by Gasteiger charge is 2.19. The SMILES string of the molecule is CNC(CC1CCCN1)c1ccc(Cl)cc1. The van der Waals surface area contributed by atoms with E-state index >= 15 is 0 Å². The van der Waals surface area contributed by atoms with Crippen LogP contribution in [0.25, 0.3) is 0 Å². The van der Waals surface area contributed by atoms with E-state index in [1.54, 1.807) is 0 Å². The lowest BCUT2D eigenvalue weighted by molar-refractivity contribution is 0.453. The van der Waals surface area contributed by atoms with E-state index in [2.05, 4.69) is 22.8 Å². The van der Waals surface area contributed by atoms with E-state index in [9.17, 15) is 0 Å². The molecule has 1 saturated heterocycles. The second-order valence-electron chi connectivity index (χ2n) is 4.42. The molecule has 2 unspecified atom stereocenters. The number of halogens is 1. The van der Waals surface area contributed by atoms with E-state index in [-0.39, 0.29) is 0 Å². The minimum Gasteiger partial charge on any atom is -0.314 e. The molecule has 0 radical (unpaired) electrons. The van der Waals surface area contributed by atoms with Crippen LogP contribution < -0.4 is 10.6 Å². The van der Waals surface area contributed by atoms with Crippen molar-refractivity contribution in [3.8, 4) is 0 Å². The summed E-state index contributed by atoms with van der Waals surface area (Å²) in [4.78, 5) is 0. The fourth-order valence-corrected chi connectivity index (χ4v) is 2.48. The van der Waals surface area contributed by atoms with Gasteiger partial charge in [-0.1, -0.05) is 23.7 Å². The third-order valence-corrected chi connectivity index (χ3v) is 3.56. The maximum atomic E-state index is 5.90. The predicted molar refractivity (Wildman–Crippen MR) is 68.9 cm³/mol. The van der Waals surface area contributed by atoms with Crippen LogP contribution >= 0.6 is 11.6 Å². The average Bonchev–Trinajstić information content (AvgIpc) is 2.80. The van der Waals surface area contributed by atoms with Gasteiger partial charge in [0.15, 0.2) is 0 Å². The third kappa shape index (κ3) is 2.97. The summed E-state index contributed by atoms with van der Waals surface area (Å²) < 4.78 is 0. The molecule has 2 nitrogen and oxygen atoms in total. The second kappa shape index (κ2) is 5.67. The summed E-state index contributed by atoms with van der Waals surface area (Å²) in [5.41, 5.74) is 1.32. The topological polar surface area (TPSA) is 24.1 Å². The van der Waals surface area contributed by atoms with Gasteiger partial charge in [0.2, 0.25) is 0 Å². The first-order chi connectivity index (χ1) is 7.79. The van der Waals surface area contributed by atoms with Gasteiger partial charge in [-0.25, -0.2) is 0 Å². The van der Waals surface area contributed by atoms with Crippen molar-refractivity contribution in [2.45, 2.75) is 31.3 Å². The summed E-state index contributed by atoms with van der Waals surface area (Å²) in [7, 11) is 2.02. The van der Waals surface area contributed by atoms with Gasteiger partial charge >= 0.3 is 0 Å². The summed E-state index contributed by atoms with van der Waals surface area (Å²) in [5, 5.41) is 7.72. The van der Waals surface area contributed by atoms with Crippen molar-refractivity contribution in [3.63, 3.8) is 0 Å². The molecule has 1 aliphatic heterocycles. The molecule has 0 spiro atoms. The van der Waals surface area contributed by atoms with Crippen molar-refractivity contribution >= 4 is 11.6 Å². The van der Waals surface area contributed by atoms with Crippen LogP contribution in [0.1, 0.15) is 30.9 Å². The van der Waals surface area contributed by atoms with Gasteiger partial charge in [-0.05, 0) is 50.6 Å². The molecule has 0 aliphatic carbocycles. The van der Waals surface area contributed by atoms with E-state index in [4.69, 9.17) is 11.6 Å². The predicted octanol–water partition coefficient (Wildman–Crippen LogP) is 2.74. The minimum atomic E-state index is 0.424. The Kier molecular flexibility index (Phi) is 4.22. The van der Waals surface area contributed by atoms with Gasteiger partial charge < -0.3 is 10.6 Å². The lowest BCUT2D eigenvalue weighted by Crippen LogP contribution is -2.28. The van der Waals surface area contributed by atoms with E-state index in [0.717, 1.165) is 11.4 Å². The van der Waals surface area contributed by atoms with E-state index in [1.165, 1.54) is 24.9 Å². The number of nitrogens with one attached hydrogen (secondary N) is 2. The molecule has 0 aromatic heterocycles. The van der Waals surface area contributed by atoms with E-state index in [1.807, 2.05) is 19.2 Å². The zero-order chi connectivity index (χ0) is 11.4. The number of hydrogen-bond acceptors (Lipinski definition) is 2. The summed E-state index contributed by atoms with van der Waals surface area (Å²) in [6.07, 6.45) is 3.76. The zero-order valence-electron chi connectivity index (χ0n) is 9.67. The van der Waals surface area contributed by atoms with Gasteiger partial charge in [0.1, 0.15) is 0 Å². The molecule has 2 N–H and O–H groups in total. The largest absolute Gasteiger partial charge is 0.314 e. The zero-order valence-corrected chi connectivity index (χ0v) is 10.4. The molecule has 1 aromatic rings. The normalized spacial score (nSPS) is 22.2. The highest BCUT2D eigenvalue weighted by Crippen LogP contribution is 2.23. The van der Waals surface area contributed by atoms with Crippen LogP contribution in [0.15, 0.2) is 24.3 Å². The molecular formula is C13H19ClN2. The fourth-order valence-electron chi connectivity index (χ4n) is 2.36. The molecule has 1 heterocycles. The van der Waals surface area contributed by atoms with Crippen LogP contribution in [0.2, 0.25) is 5.02 Å². The lowest BCUT2D eigenvalue weighted by atomic mass is 9.99. The van der Waals surface area contributed by atoms with Gasteiger partial charge in [-0.2, -0.15) is 0 Å². The van der Waals surface area contributed by atoms with Crippen LogP contribution in [0.5, 0.6) is 0 Å². The van der Waals surface area contributed by atoms with Gasteiger partial charge in [-0.15, -0.1) is 0 Å². The smallest absolute Gasteiger partial charge is 0.0406 e. The van der Waals surface area contributed by atoms with Gasteiger partial charge in [0, 0.05) is 17.1 Å². The van der Waals surface area contributed by atoms with Crippen LogP contribution in [0, 0.1) is 0 Å². The van der Waals surface area contributed by atoms with Gasteiger partial charge in [-0.3, -0.25) is 0 Å². The van der Waals surface area contributed by atoms with E-state index < -0.39 is 0 Å². The maximum absolute atomic E-state index is 5.90. The molecule has 16 heavy (non-hydrogen) atoms. The number of hydrogen-bond donors (Lipinski definition) is 2. The van der Waals surface area contributed by atoms with Gasteiger partial charge in [0.25, 0.3) is 0 Å². The van der Waals surface area contributed by atoms with Crippen molar-refractivity contribution in [2.75, 3.05) is 13.6 Å².